The molecule has 0 unspecified atom stereocenters. The van der Waals surface area contributed by atoms with E-state index in [1.165, 1.54) is 29.5 Å². The lowest BCUT2D eigenvalue weighted by Gasteiger charge is -2.36. The van der Waals surface area contributed by atoms with E-state index >= 15 is 0 Å². The molecule has 0 bridgehead atoms. The molecular weight excluding hydrogens is 507 g/mol. The first kappa shape index (κ1) is 25.3. The quantitative estimate of drug-likeness (QED) is 0.194. The van der Waals surface area contributed by atoms with Gasteiger partial charge >= 0.3 is 0 Å². The molecule has 36 heavy (non-hydrogen) atoms. The van der Waals surface area contributed by atoms with Crippen molar-refractivity contribution in [1.29, 1.82) is 0 Å². The van der Waals surface area contributed by atoms with Crippen molar-refractivity contribution in [2.24, 2.45) is 0 Å². The second-order valence-corrected chi connectivity index (χ2v) is 11.2. The number of benzene rings is 3. The van der Waals surface area contributed by atoms with E-state index in [0.717, 1.165) is 62.1 Å². The fourth-order valence-corrected chi connectivity index (χ4v) is 6.05. The summed E-state index contributed by atoms with van der Waals surface area (Å²) in [7, 11) is 0. The average Bonchev–Trinajstić information content (AvgIpc) is 3.35. The Balaban J connectivity index is 1.09. The normalized spacial score (nSPS) is 14.4. The molecule has 0 aliphatic carbocycles. The molecule has 2 heterocycles. The van der Waals surface area contributed by atoms with Crippen LogP contribution in [0.2, 0.25) is 10.0 Å². The van der Waals surface area contributed by atoms with Crippen LogP contribution in [0, 0.1) is 0 Å². The molecule has 1 saturated heterocycles. The predicted molar refractivity (Wildman–Crippen MR) is 156 cm³/mol. The summed E-state index contributed by atoms with van der Waals surface area (Å²) in [6, 6.07) is 25.1. The number of hydrogen-bond acceptors (Lipinski definition) is 5. The molecule has 188 valence electrons. The Morgan fingerprint density at radius 1 is 0.806 bits per heavy atom. The summed E-state index contributed by atoms with van der Waals surface area (Å²) in [5.74, 6) is 0. The molecular formula is C29H32Cl2N4S. The predicted octanol–water partition coefficient (Wildman–Crippen LogP) is 7.60. The highest BCUT2D eigenvalue weighted by Gasteiger charge is 2.18. The molecule has 0 spiro atoms. The van der Waals surface area contributed by atoms with E-state index in [1.54, 1.807) is 11.3 Å². The van der Waals surface area contributed by atoms with Gasteiger partial charge in [0.05, 0.1) is 20.3 Å². The van der Waals surface area contributed by atoms with Crippen molar-refractivity contribution in [1.82, 2.24) is 9.88 Å². The minimum absolute atomic E-state index is 0.615. The molecule has 5 rings (SSSR count). The maximum Gasteiger partial charge on any atom is 0.186 e. The van der Waals surface area contributed by atoms with Crippen LogP contribution >= 0.6 is 34.5 Å². The maximum atomic E-state index is 6.21. The van der Waals surface area contributed by atoms with Crippen LogP contribution in [-0.4, -0.2) is 49.2 Å². The van der Waals surface area contributed by atoms with Gasteiger partial charge in [-0.3, -0.25) is 4.90 Å². The average molecular weight is 540 g/mol. The van der Waals surface area contributed by atoms with Crippen LogP contribution in [0.15, 0.2) is 72.8 Å². The zero-order valence-corrected chi connectivity index (χ0v) is 22.8. The lowest BCUT2D eigenvalue weighted by atomic mass is 10.2. The number of hydrogen-bond donors (Lipinski definition) is 0. The monoisotopic (exact) mass is 538 g/mol. The third kappa shape index (κ3) is 6.51. The number of nitrogens with zero attached hydrogens (tertiary/aromatic N) is 4. The molecule has 0 saturated carbocycles. The van der Waals surface area contributed by atoms with E-state index in [9.17, 15) is 0 Å². The Bertz CT molecular complexity index is 1220. The van der Waals surface area contributed by atoms with E-state index in [1.807, 2.05) is 12.1 Å². The van der Waals surface area contributed by atoms with Gasteiger partial charge in [0.2, 0.25) is 0 Å². The van der Waals surface area contributed by atoms with Crippen LogP contribution in [0.1, 0.15) is 24.8 Å². The van der Waals surface area contributed by atoms with Crippen LogP contribution in [0.5, 0.6) is 0 Å². The molecule has 3 aromatic carbocycles. The third-order valence-corrected chi connectivity index (χ3v) is 8.65. The molecule has 7 heteroatoms. The van der Waals surface area contributed by atoms with Crippen molar-refractivity contribution in [3.05, 3.63) is 88.4 Å². The molecule has 1 aliphatic heterocycles. The van der Waals surface area contributed by atoms with Crippen molar-refractivity contribution >= 4 is 55.6 Å². The molecule has 0 radical (unpaired) electrons. The van der Waals surface area contributed by atoms with Crippen LogP contribution in [0.4, 0.5) is 10.8 Å². The molecule has 1 fully saturated rings. The van der Waals surface area contributed by atoms with Gasteiger partial charge in [-0.25, -0.2) is 4.98 Å². The first-order valence-corrected chi connectivity index (χ1v) is 14.3. The van der Waals surface area contributed by atoms with Gasteiger partial charge in [0, 0.05) is 45.0 Å². The Morgan fingerprint density at radius 2 is 1.58 bits per heavy atom. The first-order chi connectivity index (χ1) is 17.7. The largest absolute Gasteiger partial charge is 0.369 e. The third-order valence-electron chi connectivity index (χ3n) is 6.81. The fourth-order valence-electron chi connectivity index (χ4n) is 4.77. The van der Waals surface area contributed by atoms with Crippen LogP contribution in [0.25, 0.3) is 10.2 Å². The van der Waals surface area contributed by atoms with Crippen LogP contribution < -0.4 is 9.80 Å². The summed E-state index contributed by atoms with van der Waals surface area (Å²) < 4.78 is 1.26. The SMILES string of the molecule is Clc1ccc(N2CCN(CCCCCN(Cc3ccccc3)c3nc4ccccc4s3)CC2)cc1Cl. The van der Waals surface area contributed by atoms with Crippen LogP contribution in [-0.2, 0) is 6.54 Å². The van der Waals surface area contributed by atoms with Gasteiger partial charge in [-0.1, -0.05) is 83.4 Å². The number of anilines is 2. The second kappa shape index (κ2) is 12.3. The summed E-state index contributed by atoms with van der Waals surface area (Å²) >= 11 is 14.1. The zero-order chi connectivity index (χ0) is 24.7. The van der Waals surface area contributed by atoms with Gasteiger partial charge in [-0.2, -0.15) is 0 Å². The number of halogens is 2. The van der Waals surface area contributed by atoms with Crippen molar-refractivity contribution in [3.8, 4) is 0 Å². The van der Waals surface area contributed by atoms with Crippen molar-refractivity contribution in [2.45, 2.75) is 25.8 Å². The van der Waals surface area contributed by atoms with E-state index in [2.05, 4.69) is 75.4 Å². The minimum atomic E-state index is 0.615. The van der Waals surface area contributed by atoms with E-state index in [0.29, 0.717) is 10.0 Å². The number of fused-ring (bicyclic) bond motifs is 1. The fraction of sp³-hybridized carbons (Fsp3) is 0.345. The highest BCUT2D eigenvalue weighted by Crippen LogP contribution is 2.30. The minimum Gasteiger partial charge on any atom is -0.369 e. The Kier molecular flexibility index (Phi) is 8.65. The van der Waals surface area contributed by atoms with Crippen molar-refractivity contribution in [2.75, 3.05) is 49.1 Å². The summed E-state index contributed by atoms with van der Waals surface area (Å²) in [5.41, 5.74) is 3.59. The summed E-state index contributed by atoms with van der Waals surface area (Å²) in [4.78, 5) is 12.4. The number of thiazole rings is 1. The van der Waals surface area contributed by atoms with Gasteiger partial charge in [0.1, 0.15) is 0 Å². The molecule has 1 aliphatic rings. The summed E-state index contributed by atoms with van der Waals surface area (Å²) in [5, 5.41) is 2.37. The molecule has 1 aromatic heterocycles. The van der Waals surface area contributed by atoms with Gasteiger partial charge in [0.25, 0.3) is 0 Å². The van der Waals surface area contributed by atoms with Gasteiger partial charge in [0.15, 0.2) is 5.13 Å². The molecule has 4 nitrogen and oxygen atoms in total. The number of piperazine rings is 1. The van der Waals surface area contributed by atoms with E-state index < -0.39 is 0 Å². The molecule has 0 atom stereocenters. The lowest BCUT2D eigenvalue weighted by Crippen LogP contribution is -2.46. The topological polar surface area (TPSA) is 22.6 Å². The number of rotatable bonds is 10. The Hall–Kier alpha value is -2.31. The molecule has 0 N–H and O–H groups in total. The number of unbranched alkanes of at least 4 members (excludes halogenated alkanes) is 2. The second-order valence-electron chi connectivity index (χ2n) is 9.36. The van der Waals surface area contributed by atoms with Gasteiger partial charge in [-0.05, 0) is 55.3 Å². The standard InChI is InChI=1S/C29H32Cl2N4S/c30-25-14-13-24(21-26(25)31)34-19-17-33(18-20-34)15-7-2-8-16-35(22-23-9-3-1-4-10-23)29-32-27-11-5-6-12-28(27)36-29/h1,3-6,9-14,21H,2,7-8,15-20,22H2. The molecule has 0 amide bonds. The van der Waals surface area contributed by atoms with Gasteiger partial charge < -0.3 is 9.80 Å². The maximum absolute atomic E-state index is 6.21. The van der Waals surface area contributed by atoms with E-state index in [4.69, 9.17) is 28.2 Å². The van der Waals surface area contributed by atoms with Gasteiger partial charge in [-0.15, -0.1) is 0 Å². The summed E-state index contributed by atoms with van der Waals surface area (Å²) in [6.45, 7) is 7.32. The first-order valence-electron chi connectivity index (χ1n) is 12.7. The van der Waals surface area contributed by atoms with Crippen LogP contribution in [0.3, 0.4) is 0 Å². The van der Waals surface area contributed by atoms with Crippen molar-refractivity contribution in [3.63, 3.8) is 0 Å². The number of aromatic nitrogens is 1. The Labute approximate surface area is 228 Å². The van der Waals surface area contributed by atoms with E-state index in [-0.39, 0.29) is 0 Å². The lowest BCUT2D eigenvalue weighted by molar-refractivity contribution is 0.252. The number of para-hydroxylation sites is 1. The highest BCUT2D eigenvalue weighted by atomic mass is 35.5. The highest BCUT2D eigenvalue weighted by molar-refractivity contribution is 7.22. The summed E-state index contributed by atoms with van der Waals surface area (Å²) in [6.07, 6.45) is 3.63. The smallest absolute Gasteiger partial charge is 0.186 e. The zero-order valence-electron chi connectivity index (χ0n) is 20.5. The Morgan fingerprint density at radius 3 is 2.36 bits per heavy atom. The van der Waals surface area contributed by atoms with Crippen molar-refractivity contribution < 1.29 is 0 Å². The molecule has 4 aromatic rings.